The van der Waals surface area contributed by atoms with Gasteiger partial charge in [-0.25, -0.2) is 9.59 Å². The van der Waals surface area contributed by atoms with Crippen molar-refractivity contribution in [1.29, 1.82) is 0 Å². The fourth-order valence-corrected chi connectivity index (χ4v) is 2.03. The molecule has 0 bridgehead atoms. The van der Waals surface area contributed by atoms with Gasteiger partial charge in [-0.3, -0.25) is 0 Å². The lowest BCUT2D eigenvalue weighted by molar-refractivity contribution is -0.160. The van der Waals surface area contributed by atoms with Gasteiger partial charge in [-0.2, -0.15) is 0 Å². The fraction of sp³-hybridized carbons (Fsp3) is 0.667. The van der Waals surface area contributed by atoms with Gasteiger partial charge >= 0.3 is 12.1 Å². The maximum atomic E-state index is 11.7. The summed E-state index contributed by atoms with van der Waals surface area (Å²) in [5.74, 6) is -0.317. The third-order valence-electron chi connectivity index (χ3n) is 2.92. The highest BCUT2D eigenvalue weighted by Crippen LogP contribution is 2.29. The lowest BCUT2D eigenvalue weighted by atomic mass is 9.84. The lowest BCUT2D eigenvalue weighted by Crippen LogP contribution is -2.27. The van der Waals surface area contributed by atoms with Gasteiger partial charge in [-0.05, 0) is 18.8 Å². The maximum Gasteiger partial charge on any atom is 0.407 e. The number of hydrogen-bond donors (Lipinski definition) is 1. The van der Waals surface area contributed by atoms with Crippen LogP contribution in [-0.2, 0) is 14.3 Å². The summed E-state index contributed by atoms with van der Waals surface area (Å²) < 4.78 is 9.43. The maximum absolute atomic E-state index is 11.7. The molecular formula is C12H19NO4. The van der Waals surface area contributed by atoms with Gasteiger partial charge in [0.15, 0.2) is 0 Å². The third-order valence-corrected chi connectivity index (χ3v) is 2.92. The van der Waals surface area contributed by atoms with Crippen LogP contribution in [0.15, 0.2) is 12.2 Å². The number of amides is 1. The summed E-state index contributed by atoms with van der Waals surface area (Å²) in [4.78, 5) is 22.1. The Morgan fingerprint density at radius 2 is 1.82 bits per heavy atom. The van der Waals surface area contributed by atoms with E-state index >= 15 is 0 Å². The molecule has 1 atom stereocenters. The zero-order valence-electron chi connectivity index (χ0n) is 10.1. The Kier molecular flexibility index (Phi) is 5.00. The number of ether oxygens (including phenoxy) is 2. The summed E-state index contributed by atoms with van der Waals surface area (Å²) in [5.41, 5.74) is 5.28. The number of carbonyl (C=O) groups is 2. The van der Waals surface area contributed by atoms with Crippen LogP contribution in [0, 0.1) is 5.92 Å². The van der Waals surface area contributed by atoms with Gasteiger partial charge in [0.2, 0.25) is 6.29 Å². The van der Waals surface area contributed by atoms with E-state index in [0.29, 0.717) is 5.57 Å². The molecule has 0 aromatic rings. The second-order valence-electron chi connectivity index (χ2n) is 4.27. The van der Waals surface area contributed by atoms with E-state index in [0.717, 1.165) is 25.7 Å². The molecule has 1 saturated carbocycles. The second kappa shape index (κ2) is 6.27. The Morgan fingerprint density at radius 1 is 1.24 bits per heavy atom. The summed E-state index contributed by atoms with van der Waals surface area (Å²) in [6, 6.07) is 0. The molecule has 96 valence electrons. The van der Waals surface area contributed by atoms with Crippen molar-refractivity contribution in [1.82, 2.24) is 0 Å². The van der Waals surface area contributed by atoms with Gasteiger partial charge in [0.05, 0.1) is 0 Å². The molecule has 1 aliphatic carbocycles. The molecule has 1 fully saturated rings. The minimum absolute atomic E-state index is 0.192. The molecule has 0 radical (unpaired) electrons. The van der Waals surface area contributed by atoms with Crippen LogP contribution in [0.2, 0.25) is 0 Å². The molecule has 1 aliphatic rings. The van der Waals surface area contributed by atoms with Crippen LogP contribution >= 0.6 is 0 Å². The van der Waals surface area contributed by atoms with Crippen molar-refractivity contribution in [3.05, 3.63) is 12.2 Å². The number of esters is 1. The first-order valence-corrected chi connectivity index (χ1v) is 5.86. The summed E-state index contributed by atoms with van der Waals surface area (Å²) in [6.45, 7) is 5.21. The molecule has 0 aliphatic heterocycles. The van der Waals surface area contributed by atoms with Crippen molar-refractivity contribution >= 4 is 12.1 Å². The topological polar surface area (TPSA) is 78.6 Å². The lowest BCUT2D eigenvalue weighted by Gasteiger charge is -2.23. The Balaban J connectivity index is 2.40. The molecule has 5 heteroatoms. The smallest absolute Gasteiger partial charge is 0.407 e. The Hall–Kier alpha value is -1.52. The predicted octanol–water partition coefficient (Wildman–Crippen LogP) is 2.11. The average Bonchev–Trinajstić information content (AvgIpc) is 2.28. The first-order valence-electron chi connectivity index (χ1n) is 5.86. The summed E-state index contributed by atoms with van der Waals surface area (Å²) in [7, 11) is 0. The van der Waals surface area contributed by atoms with Crippen LogP contribution in [-0.4, -0.2) is 18.4 Å². The molecule has 1 unspecified atom stereocenters. The Labute approximate surface area is 101 Å². The van der Waals surface area contributed by atoms with Gasteiger partial charge in [0.1, 0.15) is 0 Å². The number of rotatable bonds is 4. The molecule has 2 N–H and O–H groups in total. The van der Waals surface area contributed by atoms with E-state index in [9.17, 15) is 9.59 Å². The van der Waals surface area contributed by atoms with Crippen molar-refractivity contribution < 1.29 is 19.1 Å². The molecule has 1 amide bonds. The minimum atomic E-state index is -0.972. The zero-order valence-corrected chi connectivity index (χ0v) is 10.1. The highest BCUT2D eigenvalue weighted by molar-refractivity contribution is 5.88. The largest absolute Gasteiger partial charge is 0.422 e. The van der Waals surface area contributed by atoms with Gasteiger partial charge < -0.3 is 15.2 Å². The molecular weight excluding hydrogens is 222 g/mol. The summed E-state index contributed by atoms with van der Waals surface area (Å²) >= 11 is 0. The van der Waals surface area contributed by atoms with Crippen LogP contribution in [0.3, 0.4) is 0 Å². The van der Waals surface area contributed by atoms with E-state index in [-0.39, 0.29) is 5.92 Å². The average molecular weight is 241 g/mol. The van der Waals surface area contributed by atoms with Crippen LogP contribution in [0.25, 0.3) is 0 Å². The van der Waals surface area contributed by atoms with E-state index in [1.807, 2.05) is 0 Å². The standard InChI is InChI=1S/C12H19NO4/c1-8(10-6-4-3-5-7-10)11(14)16-9(2)17-12(13)15/h9-10H,1,3-7H2,2H3,(H2,13,15). The predicted molar refractivity (Wildman–Crippen MR) is 61.9 cm³/mol. The van der Waals surface area contributed by atoms with E-state index in [2.05, 4.69) is 11.3 Å². The van der Waals surface area contributed by atoms with Gasteiger partial charge in [0.25, 0.3) is 0 Å². The van der Waals surface area contributed by atoms with Crippen molar-refractivity contribution in [3.8, 4) is 0 Å². The zero-order chi connectivity index (χ0) is 12.8. The van der Waals surface area contributed by atoms with Crippen molar-refractivity contribution in [2.45, 2.75) is 45.3 Å². The highest BCUT2D eigenvalue weighted by Gasteiger charge is 2.24. The number of hydrogen-bond acceptors (Lipinski definition) is 4. The number of nitrogens with two attached hydrogens (primary N) is 1. The Bertz CT molecular complexity index is 308. The number of carbonyl (C=O) groups excluding carboxylic acids is 2. The molecule has 1 rings (SSSR count). The third kappa shape index (κ3) is 4.46. The quantitative estimate of drug-likeness (QED) is 0.464. The SMILES string of the molecule is C=C(C(=O)OC(C)OC(N)=O)C1CCCCC1. The first kappa shape index (κ1) is 13.5. The van der Waals surface area contributed by atoms with Crippen molar-refractivity contribution in [2.24, 2.45) is 11.7 Å². The molecule has 17 heavy (non-hydrogen) atoms. The van der Waals surface area contributed by atoms with Crippen LogP contribution in [0.4, 0.5) is 4.79 Å². The van der Waals surface area contributed by atoms with Crippen LogP contribution in [0.5, 0.6) is 0 Å². The monoisotopic (exact) mass is 241 g/mol. The van der Waals surface area contributed by atoms with Crippen molar-refractivity contribution in [2.75, 3.05) is 0 Å². The molecule has 0 saturated heterocycles. The van der Waals surface area contributed by atoms with Crippen LogP contribution in [0.1, 0.15) is 39.0 Å². The molecule has 0 aromatic heterocycles. The van der Waals surface area contributed by atoms with E-state index in [4.69, 9.17) is 10.5 Å². The highest BCUT2D eigenvalue weighted by atomic mass is 16.7. The van der Waals surface area contributed by atoms with Gasteiger partial charge in [-0.15, -0.1) is 0 Å². The fourth-order valence-electron chi connectivity index (χ4n) is 2.03. The molecule has 5 nitrogen and oxygen atoms in total. The van der Waals surface area contributed by atoms with Crippen molar-refractivity contribution in [3.63, 3.8) is 0 Å². The Morgan fingerprint density at radius 3 is 2.35 bits per heavy atom. The second-order valence-corrected chi connectivity index (χ2v) is 4.27. The van der Waals surface area contributed by atoms with E-state index in [1.54, 1.807) is 0 Å². The number of primary amides is 1. The van der Waals surface area contributed by atoms with Gasteiger partial charge in [0, 0.05) is 12.5 Å². The van der Waals surface area contributed by atoms with Gasteiger partial charge in [-0.1, -0.05) is 25.8 Å². The van der Waals surface area contributed by atoms with E-state index in [1.165, 1.54) is 13.3 Å². The normalized spacial score (nSPS) is 18.2. The molecule has 0 aromatic carbocycles. The van der Waals surface area contributed by atoms with E-state index < -0.39 is 18.4 Å². The summed E-state index contributed by atoms with van der Waals surface area (Å²) in [5, 5.41) is 0. The molecule has 0 heterocycles. The molecule has 0 spiro atoms. The minimum Gasteiger partial charge on any atom is -0.422 e. The first-order chi connectivity index (χ1) is 8.00. The summed E-state index contributed by atoms with van der Waals surface area (Å²) in [6.07, 6.45) is 3.45. The van der Waals surface area contributed by atoms with Crippen LogP contribution < -0.4 is 5.73 Å².